The van der Waals surface area contributed by atoms with Gasteiger partial charge in [0.05, 0.1) is 20.8 Å². The fraction of sp³-hybridized carbons (Fsp3) is 0.188. The number of hydrogen-bond donors (Lipinski definition) is 1. The smallest absolute Gasteiger partial charge is 0.264 e. The number of nitrogens with zero attached hydrogens (tertiary/aromatic N) is 1. The van der Waals surface area contributed by atoms with Crippen LogP contribution in [0.2, 0.25) is 0 Å². The van der Waals surface area contributed by atoms with Crippen molar-refractivity contribution in [2.24, 2.45) is 0 Å². The molecule has 0 radical (unpaired) electrons. The van der Waals surface area contributed by atoms with Crippen LogP contribution >= 0.6 is 23.6 Å². The number of benzene rings is 2. The maximum absolute atomic E-state index is 13.1. The highest BCUT2D eigenvalue weighted by Gasteiger charge is 2.27. The van der Waals surface area contributed by atoms with Crippen molar-refractivity contribution in [1.29, 1.82) is 0 Å². The second-order valence-electron chi connectivity index (χ2n) is 5.54. The minimum Gasteiger partial charge on any atom is -0.337 e. The zero-order valence-electron chi connectivity index (χ0n) is 13.0. The van der Waals surface area contributed by atoms with E-state index in [1.54, 1.807) is 26.0 Å². The van der Waals surface area contributed by atoms with Gasteiger partial charge in [0.25, 0.3) is 10.0 Å². The van der Waals surface area contributed by atoms with Gasteiger partial charge in [-0.15, -0.1) is 11.3 Å². The summed E-state index contributed by atoms with van der Waals surface area (Å²) in [6, 6.07) is 9.89. The van der Waals surface area contributed by atoms with Crippen LogP contribution < -0.4 is 4.31 Å². The maximum atomic E-state index is 13.1. The van der Waals surface area contributed by atoms with Crippen LogP contribution in [0.5, 0.6) is 0 Å². The third-order valence-corrected chi connectivity index (χ3v) is 6.71. The molecule has 1 N–H and O–H groups in total. The number of H-pyrrole nitrogens is 1. The maximum Gasteiger partial charge on any atom is 0.264 e. The van der Waals surface area contributed by atoms with Crippen LogP contribution in [0.4, 0.5) is 10.1 Å². The van der Waals surface area contributed by atoms with Gasteiger partial charge in [0.2, 0.25) is 0 Å². The fourth-order valence-corrected chi connectivity index (χ4v) is 5.31. The molecule has 24 heavy (non-hydrogen) atoms. The van der Waals surface area contributed by atoms with E-state index in [0.29, 0.717) is 9.64 Å². The SMILES string of the molecule is CC(C)N(c1ccc2[nH]c(=S)sc2c1)S(=O)(=O)c1ccc(F)cc1. The Bertz CT molecular complexity index is 1040. The number of nitrogens with one attached hydrogen (secondary N) is 1. The van der Waals surface area contributed by atoms with E-state index in [2.05, 4.69) is 4.98 Å². The lowest BCUT2D eigenvalue weighted by Crippen LogP contribution is -2.37. The summed E-state index contributed by atoms with van der Waals surface area (Å²) in [5.74, 6) is -0.474. The van der Waals surface area contributed by atoms with Gasteiger partial charge in [-0.2, -0.15) is 0 Å². The molecule has 0 saturated carbocycles. The van der Waals surface area contributed by atoms with E-state index in [1.807, 2.05) is 6.07 Å². The zero-order valence-corrected chi connectivity index (χ0v) is 15.4. The molecular weight excluding hydrogens is 367 g/mol. The van der Waals surface area contributed by atoms with Crippen LogP contribution in [0, 0.1) is 9.77 Å². The van der Waals surface area contributed by atoms with E-state index in [-0.39, 0.29) is 10.9 Å². The second-order valence-corrected chi connectivity index (χ2v) is 9.08. The Kier molecular flexibility index (Phi) is 4.46. The molecule has 1 heterocycles. The molecule has 3 aromatic rings. The standard InChI is InChI=1S/C16H15FN2O2S3/c1-10(2)19(24(20,21)13-6-3-11(17)4-7-13)12-5-8-14-15(9-12)23-16(22)18-14/h3-10H,1-2H3,(H,18,22). The van der Waals surface area contributed by atoms with Crippen LogP contribution in [-0.4, -0.2) is 19.4 Å². The number of halogens is 1. The molecular formula is C16H15FN2O2S3. The highest BCUT2D eigenvalue weighted by atomic mass is 32.2. The van der Waals surface area contributed by atoms with Gasteiger partial charge < -0.3 is 4.98 Å². The third-order valence-electron chi connectivity index (χ3n) is 3.50. The first-order chi connectivity index (χ1) is 11.3. The van der Waals surface area contributed by atoms with E-state index in [0.717, 1.165) is 22.3 Å². The molecule has 0 aliphatic carbocycles. The predicted molar refractivity (Wildman–Crippen MR) is 98.2 cm³/mol. The molecule has 0 spiro atoms. The molecule has 1 aromatic heterocycles. The predicted octanol–water partition coefficient (Wildman–Crippen LogP) is 4.70. The van der Waals surface area contributed by atoms with Gasteiger partial charge in [-0.25, -0.2) is 12.8 Å². The third kappa shape index (κ3) is 3.09. The van der Waals surface area contributed by atoms with Crippen molar-refractivity contribution in [2.45, 2.75) is 24.8 Å². The van der Waals surface area contributed by atoms with E-state index < -0.39 is 15.8 Å². The minimum atomic E-state index is -3.80. The summed E-state index contributed by atoms with van der Waals surface area (Å²) in [6.45, 7) is 3.59. The number of aromatic amines is 1. The number of aromatic nitrogens is 1. The molecule has 0 fully saturated rings. The Labute approximate surface area is 148 Å². The molecule has 2 aromatic carbocycles. The lowest BCUT2D eigenvalue weighted by atomic mass is 10.2. The number of hydrogen-bond acceptors (Lipinski definition) is 4. The summed E-state index contributed by atoms with van der Waals surface area (Å²) in [5.41, 5.74) is 1.42. The van der Waals surface area contributed by atoms with Gasteiger partial charge >= 0.3 is 0 Å². The highest BCUT2D eigenvalue weighted by Crippen LogP contribution is 2.30. The highest BCUT2D eigenvalue weighted by molar-refractivity contribution is 7.92. The monoisotopic (exact) mass is 382 g/mol. The Balaban J connectivity index is 2.14. The number of fused-ring (bicyclic) bond motifs is 1. The first kappa shape index (κ1) is 17.1. The van der Waals surface area contributed by atoms with E-state index in [9.17, 15) is 12.8 Å². The average Bonchev–Trinajstić information content (AvgIpc) is 2.86. The van der Waals surface area contributed by atoms with Gasteiger partial charge in [0, 0.05) is 6.04 Å². The molecule has 4 nitrogen and oxygen atoms in total. The number of thiazole rings is 1. The quantitative estimate of drug-likeness (QED) is 0.665. The van der Waals surface area contributed by atoms with Gasteiger partial charge in [-0.3, -0.25) is 4.31 Å². The molecule has 0 atom stereocenters. The first-order valence-corrected chi connectivity index (χ1v) is 9.88. The van der Waals surface area contributed by atoms with E-state index >= 15 is 0 Å². The number of anilines is 1. The molecule has 0 unspecified atom stereocenters. The summed E-state index contributed by atoms with van der Waals surface area (Å²) in [7, 11) is -3.80. The largest absolute Gasteiger partial charge is 0.337 e. The van der Waals surface area contributed by atoms with Gasteiger partial charge in [-0.05, 0) is 68.5 Å². The topological polar surface area (TPSA) is 53.2 Å². The summed E-state index contributed by atoms with van der Waals surface area (Å²) < 4.78 is 42.0. The van der Waals surface area contributed by atoms with Crippen LogP contribution in [0.3, 0.4) is 0 Å². The summed E-state index contributed by atoms with van der Waals surface area (Å²) in [4.78, 5) is 3.11. The van der Waals surface area contributed by atoms with Crippen molar-refractivity contribution < 1.29 is 12.8 Å². The molecule has 0 bridgehead atoms. The van der Waals surface area contributed by atoms with Crippen molar-refractivity contribution in [3.8, 4) is 0 Å². The molecule has 0 saturated heterocycles. The van der Waals surface area contributed by atoms with Crippen molar-refractivity contribution in [3.05, 3.63) is 52.2 Å². The summed E-state index contributed by atoms with van der Waals surface area (Å²) >= 11 is 6.52. The Morgan fingerprint density at radius 2 is 1.83 bits per heavy atom. The molecule has 0 aliphatic rings. The molecule has 8 heteroatoms. The zero-order chi connectivity index (χ0) is 17.5. The molecule has 126 valence electrons. The summed E-state index contributed by atoms with van der Waals surface area (Å²) in [6.07, 6.45) is 0. The fourth-order valence-electron chi connectivity index (χ4n) is 2.51. The van der Waals surface area contributed by atoms with Crippen molar-refractivity contribution in [2.75, 3.05) is 4.31 Å². The number of rotatable bonds is 4. The van der Waals surface area contributed by atoms with Gasteiger partial charge in [-0.1, -0.05) is 0 Å². The van der Waals surface area contributed by atoms with Crippen molar-refractivity contribution in [3.63, 3.8) is 0 Å². The van der Waals surface area contributed by atoms with Crippen LogP contribution in [-0.2, 0) is 10.0 Å². The van der Waals surface area contributed by atoms with Crippen LogP contribution in [0.1, 0.15) is 13.8 Å². The minimum absolute atomic E-state index is 0.0550. The van der Waals surface area contributed by atoms with Gasteiger partial charge in [0.15, 0.2) is 3.95 Å². The van der Waals surface area contributed by atoms with Crippen molar-refractivity contribution in [1.82, 2.24) is 4.98 Å². The van der Waals surface area contributed by atoms with Crippen LogP contribution in [0.15, 0.2) is 47.4 Å². The lowest BCUT2D eigenvalue weighted by Gasteiger charge is -2.28. The van der Waals surface area contributed by atoms with E-state index in [4.69, 9.17) is 12.2 Å². The average molecular weight is 383 g/mol. The number of sulfonamides is 1. The normalized spacial score (nSPS) is 12.0. The van der Waals surface area contributed by atoms with E-state index in [1.165, 1.54) is 27.8 Å². The molecule has 0 amide bonds. The Hall–Kier alpha value is -1.77. The first-order valence-electron chi connectivity index (χ1n) is 7.22. The summed E-state index contributed by atoms with van der Waals surface area (Å²) in [5, 5.41) is 0. The molecule has 0 aliphatic heterocycles. The Morgan fingerprint density at radius 3 is 2.46 bits per heavy atom. The molecule has 3 rings (SSSR count). The van der Waals surface area contributed by atoms with Crippen LogP contribution in [0.25, 0.3) is 10.2 Å². The van der Waals surface area contributed by atoms with Gasteiger partial charge in [0.1, 0.15) is 5.82 Å². The Morgan fingerprint density at radius 1 is 1.17 bits per heavy atom. The van der Waals surface area contributed by atoms with Crippen molar-refractivity contribution >= 4 is 49.5 Å². The second kappa shape index (κ2) is 6.27. The lowest BCUT2D eigenvalue weighted by molar-refractivity contribution is 0.583.